The van der Waals surface area contributed by atoms with Crippen molar-refractivity contribution in [2.24, 2.45) is 10.9 Å². The SMILES string of the molecule is CCNC(=NCC1CC(=O)N(CCc2ccccc2)C1)NCCc1ccsc1. The van der Waals surface area contributed by atoms with Crippen molar-refractivity contribution in [3.05, 3.63) is 58.3 Å². The Morgan fingerprint density at radius 2 is 2.04 bits per heavy atom. The van der Waals surface area contributed by atoms with E-state index in [1.807, 2.05) is 23.1 Å². The normalized spacial score (nSPS) is 17.2. The summed E-state index contributed by atoms with van der Waals surface area (Å²) in [6.07, 6.45) is 2.50. The maximum atomic E-state index is 12.3. The van der Waals surface area contributed by atoms with Gasteiger partial charge in [0.2, 0.25) is 5.91 Å². The van der Waals surface area contributed by atoms with E-state index in [2.05, 4.69) is 46.5 Å². The molecule has 1 aromatic heterocycles. The largest absolute Gasteiger partial charge is 0.357 e. The van der Waals surface area contributed by atoms with E-state index in [-0.39, 0.29) is 5.91 Å². The Morgan fingerprint density at radius 3 is 2.79 bits per heavy atom. The zero-order chi connectivity index (χ0) is 19.6. The zero-order valence-corrected chi connectivity index (χ0v) is 17.4. The van der Waals surface area contributed by atoms with Gasteiger partial charge >= 0.3 is 0 Å². The highest BCUT2D eigenvalue weighted by atomic mass is 32.1. The molecule has 0 saturated carbocycles. The number of likely N-dealkylation sites (tertiary alicyclic amines) is 1. The van der Waals surface area contributed by atoms with Crippen LogP contribution >= 0.6 is 11.3 Å². The Kier molecular flexibility index (Phi) is 7.91. The highest BCUT2D eigenvalue weighted by molar-refractivity contribution is 7.07. The number of amides is 1. The lowest BCUT2D eigenvalue weighted by Gasteiger charge is -2.16. The predicted octanol–water partition coefficient (Wildman–Crippen LogP) is 2.94. The minimum absolute atomic E-state index is 0.256. The molecule has 1 aromatic carbocycles. The van der Waals surface area contributed by atoms with Crippen molar-refractivity contribution in [1.29, 1.82) is 0 Å². The molecule has 0 bridgehead atoms. The maximum Gasteiger partial charge on any atom is 0.223 e. The number of benzene rings is 1. The molecule has 6 heteroatoms. The van der Waals surface area contributed by atoms with Gasteiger partial charge in [-0.1, -0.05) is 30.3 Å². The van der Waals surface area contributed by atoms with Gasteiger partial charge < -0.3 is 15.5 Å². The van der Waals surface area contributed by atoms with Gasteiger partial charge in [-0.25, -0.2) is 0 Å². The summed E-state index contributed by atoms with van der Waals surface area (Å²) >= 11 is 1.73. The van der Waals surface area contributed by atoms with Crippen LogP contribution in [-0.4, -0.2) is 49.5 Å². The lowest BCUT2D eigenvalue weighted by molar-refractivity contribution is -0.127. The van der Waals surface area contributed by atoms with Gasteiger partial charge in [0.15, 0.2) is 5.96 Å². The van der Waals surface area contributed by atoms with Crippen LogP contribution in [-0.2, 0) is 17.6 Å². The van der Waals surface area contributed by atoms with Gasteiger partial charge in [-0.15, -0.1) is 0 Å². The molecule has 0 radical (unpaired) electrons. The van der Waals surface area contributed by atoms with Crippen LogP contribution in [0.1, 0.15) is 24.5 Å². The molecule has 2 aromatic rings. The quantitative estimate of drug-likeness (QED) is 0.504. The Balaban J connectivity index is 1.44. The molecular weight excluding hydrogens is 368 g/mol. The number of guanidine groups is 1. The van der Waals surface area contributed by atoms with Gasteiger partial charge in [0.1, 0.15) is 0 Å². The van der Waals surface area contributed by atoms with E-state index >= 15 is 0 Å². The second kappa shape index (κ2) is 10.9. The fourth-order valence-corrected chi connectivity index (χ4v) is 4.13. The van der Waals surface area contributed by atoms with Crippen LogP contribution in [0.2, 0.25) is 0 Å². The number of thiophene rings is 1. The van der Waals surface area contributed by atoms with Gasteiger partial charge in [0.05, 0.1) is 0 Å². The van der Waals surface area contributed by atoms with Crippen LogP contribution in [0.25, 0.3) is 0 Å². The average molecular weight is 399 g/mol. The van der Waals surface area contributed by atoms with E-state index in [4.69, 9.17) is 4.99 Å². The number of nitrogens with one attached hydrogen (secondary N) is 2. The second-order valence-electron chi connectivity index (χ2n) is 7.17. The summed E-state index contributed by atoms with van der Waals surface area (Å²) < 4.78 is 0. The molecular formula is C22H30N4OS. The van der Waals surface area contributed by atoms with Gasteiger partial charge in [0.25, 0.3) is 0 Å². The highest BCUT2D eigenvalue weighted by Gasteiger charge is 2.28. The fourth-order valence-electron chi connectivity index (χ4n) is 3.42. The van der Waals surface area contributed by atoms with Crippen molar-refractivity contribution in [3.8, 4) is 0 Å². The number of carbonyl (C=O) groups excluding carboxylic acids is 1. The summed E-state index contributed by atoms with van der Waals surface area (Å²) in [5.74, 6) is 1.40. The van der Waals surface area contributed by atoms with Crippen molar-refractivity contribution in [3.63, 3.8) is 0 Å². The molecule has 1 atom stereocenters. The van der Waals surface area contributed by atoms with E-state index in [0.717, 1.165) is 45.0 Å². The predicted molar refractivity (Wildman–Crippen MR) is 117 cm³/mol. The monoisotopic (exact) mass is 398 g/mol. The van der Waals surface area contributed by atoms with E-state index < -0.39 is 0 Å². The number of carbonyl (C=O) groups is 1. The van der Waals surface area contributed by atoms with Gasteiger partial charge in [-0.3, -0.25) is 9.79 Å². The lowest BCUT2D eigenvalue weighted by Crippen LogP contribution is -2.38. The fraction of sp³-hybridized carbons (Fsp3) is 0.455. The summed E-state index contributed by atoms with van der Waals surface area (Å²) in [5, 5.41) is 11.0. The molecule has 1 unspecified atom stereocenters. The van der Waals surface area contributed by atoms with Crippen LogP contribution in [0.4, 0.5) is 0 Å². The minimum Gasteiger partial charge on any atom is -0.357 e. The van der Waals surface area contributed by atoms with Crippen molar-refractivity contribution in [2.45, 2.75) is 26.2 Å². The maximum absolute atomic E-state index is 12.3. The third-order valence-electron chi connectivity index (χ3n) is 4.95. The topological polar surface area (TPSA) is 56.7 Å². The Labute approximate surface area is 171 Å². The smallest absolute Gasteiger partial charge is 0.223 e. The molecule has 28 heavy (non-hydrogen) atoms. The summed E-state index contributed by atoms with van der Waals surface area (Å²) in [5.41, 5.74) is 2.63. The third kappa shape index (κ3) is 6.37. The summed E-state index contributed by atoms with van der Waals surface area (Å²) in [6.45, 7) is 6.04. The molecule has 1 fully saturated rings. The van der Waals surface area contributed by atoms with Crippen molar-refractivity contribution < 1.29 is 4.79 Å². The highest BCUT2D eigenvalue weighted by Crippen LogP contribution is 2.18. The molecule has 2 N–H and O–H groups in total. The van der Waals surface area contributed by atoms with Gasteiger partial charge in [0, 0.05) is 45.1 Å². The standard InChI is InChI=1S/C22H30N4OS/c1-2-23-22(24-11-8-19-10-13-28-17-19)25-15-20-14-21(27)26(16-20)12-9-18-6-4-3-5-7-18/h3-7,10,13,17,20H,2,8-9,11-12,14-16H2,1H3,(H2,23,24,25). The molecule has 1 saturated heterocycles. The molecule has 2 heterocycles. The zero-order valence-electron chi connectivity index (χ0n) is 16.6. The van der Waals surface area contributed by atoms with E-state index in [0.29, 0.717) is 18.9 Å². The van der Waals surface area contributed by atoms with E-state index in [1.165, 1.54) is 11.1 Å². The number of nitrogens with zero attached hydrogens (tertiary/aromatic N) is 2. The van der Waals surface area contributed by atoms with E-state index in [1.54, 1.807) is 11.3 Å². The first-order valence-corrected chi connectivity index (χ1v) is 11.0. The molecule has 3 rings (SSSR count). The Morgan fingerprint density at radius 1 is 1.18 bits per heavy atom. The van der Waals surface area contributed by atoms with Crippen molar-refractivity contribution in [2.75, 3.05) is 32.7 Å². The molecule has 5 nitrogen and oxygen atoms in total. The number of hydrogen-bond donors (Lipinski definition) is 2. The first-order chi connectivity index (χ1) is 13.7. The molecule has 0 aliphatic carbocycles. The van der Waals surface area contributed by atoms with E-state index in [9.17, 15) is 4.79 Å². The summed E-state index contributed by atoms with van der Waals surface area (Å²) in [6, 6.07) is 12.5. The van der Waals surface area contributed by atoms with Crippen LogP contribution in [0.5, 0.6) is 0 Å². The molecule has 0 spiro atoms. The molecule has 150 valence electrons. The lowest BCUT2D eigenvalue weighted by atomic mass is 10.1. The molecule has 1 amide bonds. The Hall–Kier alpha value is -2.34. The van der Waals surface area contributed by atoms with Crippen LogP contribution in [0.15, 0.2) is 52.2 Å². The number of aliphatic imine (C=N–C) groups is 1. The number of hydrogen-bond acceptors (Lipinski definition) is 3. The van der Waals surface area contributed by atoms with Crippen LogP contribution in [0, 0.1) is 5.92 Å². The first-order valence-electron chi connectivity index (χ1n) is 10.1. The third-order valence-corrected chi connectivity index (χ3v) is 5.68. The van der Waals surface area contributed by atoms with Crippen LogP contribution < -0.4 is 10.6 Å². The average Bonchev–Trinajstić information content (AvgIpc) is 3.35. The molecule has 1 aliphatic rings. The van der Waals surface area contributed by atoms with Gasteiger partial charge in [-0.2, -0.15) is 11.3 Å². The minimum atomic E-state index is 0.256. The van der Waals surface area contributed by atoms with Crippen molar-refractivity contribution in [1.82, 2.24) is 15.5 Å². The first kappa shape index (κ1) is 20.4. The number of rotatable bonds is 9. The summed E-state index contributed by atoms with van der Waals surface area (Å²) in [4.78, 5) is 19.0. The van der Waals surface area contributed by atoms with Gasteiger partial charge in [-0.05, 0) is 47.7 Å². The second-order valence-corrected chi connectivity index (χ2v) is 7.95. The molecule has 1 aliphatic heterocycles. The Bertz CT molecular complexity index is 745. The van der Waals surface area contributed by atoms with Crippen molar-refractivity contribution >= 4 is 23.2 Å². The summed E-state index contributed by atoms with van der Waals surface area (Å²) in [7, 11) is 0. The van der Waals surface area contributed by atoms with Crippen LogP contribution in [0.3, 0.4) is 0 Å².